The van der Waals surface area contributed by atoms with E-state index in [1.807, 2.05) is 0 Å². The monoisotopic (exact) mass is 732 g/mol. The third-order valence-electron chi connectivity index (χ3n) is 10.0. The normalized spacial score (nSPS) is 23.5. The lowest BCUT2D eigenvalue weighted by atomic mass is 9.84. The Morgan fingerprint density at radius 3 is 1.41 bits per heavy atom. The average Bonchev–Trinajstić information content (AvgIpc) is 3.72. The van der Waals surface area contributed by atoms with Crippen molar-refractivity contribution in [1.82, 2.24) is 0 Å². The average molecular weight is 733 g/mol. The molecule has 3 heterocycles. The summed E-state index contributed by atoms with van der Waals surface area (Å²) in [5.74, 6) is 12.8. The molecule has 2 aromatic carbocycles. The van der Waals surface area contributed by atoms with E-state index in [1.54, 1.807) is 22.7 Å². The van der Waals surface area contributed by atoms with Crippen LogP contribution in [0.25, 0.3) is 20.9 Å². The molecule has 6 heteroatoms. The summed E-state index contributed by atoms with van der Waals surface area (Å²) in [5, 5.41) is 5.42. The minimum Gasteiger partial charge on any atom is -0.452 e. The van der Waals surface area contributed by atoms with Gasteiger partial charge in [-0.05, 0) is 69.8 Å². The van der Waals surface area contributed by atoms with Crippen molar-refractivity contribution < 1.29 is 9.47 Å². The number of rotatable bonds is 2. The van der Waals surface area contributed by atoms with Crippen molar-refractivity contribution in [3.8, 4) is 32.4 Å². The van der Waals surface area contributed by atoms with Crippen LogP contribution in [0.4, 0.5) is 0 Å². The first-order valence-electron chi connectivity index (χ1n) is 17.9. The van der Waals surface area contributed by atoms with Crippen LogP contribution < -0.4 is 9.47 Å². The summed E-state index contributed by atoms with van der Waals surface area (Å²) >= 11 is 3.56. The van der Waals surface area contributed by atoms with Crippen LogP contribution in [0.5, 0.6) is 11.5 Å². The molecule has 1 saturated carbocycles. The van der Waals surface area contributed by atoms with E-state index in [0.717, 1.165) is 34.1 Å². The van der Waals surface area contributed by atoms with E-state index in [9.17, 15) is 0 Å². The largest absolute Gasteiger partial charge is 0.452 e. The van der Waals surface area contributed by atoms with Gasteiger partial charge in [-0.2, -0.15) is 21.0 Å². The molecule has 4 atom stereocenters. The molecule has 0 N–H and O–H groups in total. The summed E-state index contributed by atoms with van der Waals surface area (Å²) in [4.78, 5) is 2.45. The Bertz CT molecular complexity index is 1670. The Morgan fingerprint density at radius 2 is 1.06 bits per heavy atom. The molecule has 0 saturated heterocycles. The SMILES string of the molecule is C=S1Cc2cc(C(C)(C)C)cc(-c3cccs3)c2OC(C)(C)Oc2c(cc(C(C)(C)C)cc2-c2cccs2)CS(=C)C2CCCCCCC21. The number of fused-ring (bicyclic) bond motifs is 3. The van der Waals surface area contributed by atoms with Crippen molar-refractivity contribution in [3.05, 3.63) is 81.5 Å². The minimum atomic E-state index is -0.941. The van der Waals surface area contributed by atoms with E-state index in [2.05, 4.69) is 115 Å². The van der Waals surface area contributed by atoms with Gasteiger partial charge < -0.3 is 9.47 Å². The lowest BCUT2D eigenvalue weighted by molar-refractivity contribution is -0.0811. The van der Waals surface area contributed by atoms with Crippen LogP contribution in [0.15, 0.2) is 59.3 Å². The molecule has 49 heavy (non-hydrogen) atoms. The Morgan fingerprint density at radius 1 is 0.653 bits per heavy atom. The molecule has 0 bridgehead atoms. The van der Waals surface area contributed by atoms with E-state index in [4.69, 9.17) is 21.2 Å². The Labute approximate surface area is 309 Å². The zero-order valence-corrected chi connectivity index (χ0v) is 34.2. The van der Waals surface area contributed by atoms with Gasteiger partial charge in [-0.1, -0.05) is 103 Å². The van der Waals surface area contributed by atoms with Gasteiger partial charge in [0, 0.05) is 67.9 Å². The third-order valence-corrected chi connectivity index (χ3v) is 16.2. The molecule has 1 aliphatic carbocycles. The van der Waals surface area contributed by atoms with Crippen LogP contribution in [0, 0.1) is 0 Å². The number of benzene rings is 2. The van der Waals surface area contributed by atoms with Gasteiger partial charge in [-0.25, -0.2) is 0 Å². The maximum absolute atomic E-state index is 7.25. The molecule has 6 rings (SSSR count). The van der Waals surface area contributed by atoms with Crippen LogP contribution in [-0.2, 0) is 22.3 Å². The van der Waals surface area contributed by atoms with E-state index in [0.29, 0.717) is 10.5 Å². The highest BCUT2D eigenvalue weighted by Crippen LogP contribution is 2.50. The van der Waals surface area contributed by atoms with E-state index in [-0.39, 0.29) is 31.8 Å². The van der Waals surface area contributed by atoms with Crippen molar-refractivity contribution in [3.63, 3.8) is 0 Å². The van der Waals surface area contributed by atoms with Gasteiger partial charge in [0.2, 0.25) is 5.79 Å². The van der Waals surface area contributed by atoms with Crippen molar-refractivity contribution in [2.45, 2.75) is 133 Å². The van der Waals surface area contributed by atoms with Gasteiger partial charge in [0.25, 0.3) is 0 Å². The highest BCUT2D eigenvalue weighted by molar-refractivity contribution is 8.17. The summed E-state index contributed by atoms with van der Waals surface area (Å²) in [6.07, 6.45) is 7.69. The fourth-order valence-electron chi connectivity index (χ4n) is 7.23. The maximum atomic E-state index is 7.25. The fraction of sp³-hybridized carbons (Fsp3) is 0.488. The van der Waals surface area contributed by atoms with Gasteiger partial charge in [-0.3, -0.25) is 0 Å². The first-order chi connectivity index (χ1) is 23.1. The van der Waals surface area contributed by atoms with Gasteiger partial charge in [0.1, 0.15) is 11.5 Å². The second-order valence-corrected chi connectivity index (χ2v) is 22.3. The third kappa shape index (κ3) is 8.35. The van der Waals surface area contributed by atoms with Gasteiger partial charge in [-0.15, -0.1) is 22.7 Å². The molecular weight excluding hydrogens is 677 g/mol. The van der Waals surface area contributed by atoms with Gasteiger partial charge in [0.15, 0.2) is 0 Å². The van der Waals surface area contributed by atoms with Crippen LogP contribution in [0.2, 0.25) is 0 Å². The molecule has 1 fully saturated rings. The molecule has 2 aromatic heterocycles. The Kier molecular flexibility index (Phi) is 10.8. The number of hydrogen-bond acceptors (Lipinski definition) is 4. The topological polar surface area (TPSA) is 18.5 Å². The zero-order valence-electron chi connectivity index (χ0n) is 30.9. The van der Waals surface area contributed by atoms with E-state index in [1.165, 1.54) is 70.5 Å². The molecule has 0 amide bonds. The summed E-state index contributed by atoms with van der Waals surface area (Å²) < 4.78 is 14.5. The van der Waals surface area contributed by atoms with Crippen molar-refractivity contribution in [2.75, 3.05) is 0 Å². The number of thiophene rings is 2. The second-order valence-electron chi connectivity index (χ2n) is 16.5. The minimum absolute atomic E-state index is 0.00407. The molecule has 0 spiro atoms. The van der Waals surface area contributed by atoms with Crippen LogP contribution in [-0.4, -0.2) is 28.0 Å². The summed E-state index contributed by atoms with van der Waals surface area (Å²) in [7, 11) is -0.185. The van der Waals surface area contributed by atoms with Crippen molar-refractivity contribution >= 4 is 55.4 Å². The maximum Gasteiger partial charge on any atom is 0.245 e. The van der Waals surface area contributed by atoms with Crippen LogP contribution >= 0.6 is 43.6 Å². The summed E-state index contributed by atoms with van der Waals surface area (Å²) in [5.41, 5.74) is 7.51. The first kappa shape index (κ1) is 36.7. The Balaban J connectivity index is 1.61. The lowest BCUT2D eigenvalue weighted by Crippen LogP contribution is -2.36. The van der Waals surface area contributed by atoms with Crippen LogP contribution in [0.3, 0.4) is 0 Å². The molecule has 2 aliphatic rings. The second kappa shape index (κ2) is 14.5. The van der Waals surface area contributed by atoms with Crippen molar-refractivity contribution in [2.24, 2.45) is 0 Å². The molecule has 2 nitrogen and oxygen atoms in total. The smallest absolute Gasteiger partial charge is 0.245 e. The van der Waals surface area contributed by atoms with Crippen LogP contribution in [0.1, 0.15) is 116 Å². The molecule has 4 aromatic rings. The van der Waals surface area contributed by atoms with Gasteiger partial charge >= 0.3 is 0 Å². The van der Waals surface area contributed by atoms with E-state index >= 15 is 0 Å². The highest BCUT2D eigenvalue weighted by Gasteiger charge is 2.34. The first-order valence-corrected chi connectivity index (χ1v) is 22.9. The number of hydrogen-bond donors (Lipinski definition) is 0. The predicted octanol–water partition coefficient (Wildman–Crippen LogP) is 13.4. The molecule has 264 valence electrons. The fourth-order valence-corrected chi connectivity index (χ4v) is 13.4. The molecular formula is C43H56O2S4. The molecule has 0 radical (unpaired) electrons. The number of ether oxygens (including phenoxy) is 2. The van der Waals surface area contributed by atoms with Crippen molar-refractivity contribution in [1.29, 1.82) is 0 Å². The quantitative estimate of drug-likeness (QED) is 0.191. The predicted molar refractivity (Wildman–Crippen MR) is 224 cm³/mol. The van der Waals surface area contributed by atoms with E-state index < -0.39 is 5.79 Å². The zero-order chi connectivity index (χ0) is 35.1. The molecule has 4 unspecified atom stereocenters. The standard InChI is InChI=1S/C43H56O2S4/c1-41(2,3)31-23-29-27-48(9)37-19-13-11-12-14-20-38(37)49(10)28-30-24-32(42(4,5)6)26-34(36-18-16-22-47-36)40(30)45-43(7,8)44-39(29)33(25-31)35-17-15-21-46-35/h15-18,21-26,37-38H,9-14,19-20,27-28H2,1-8H3. The summed E-state index contributed by atoms with van der Waals surface area (Å²) in [6, 6.07) is 18.3. The molecule has 1 aliphatic heterocycles. The lowest BCUT2D eigenvalue weighted by Gasteiger charge is -2.34. The van der Waals surface area contributed by atoms with Gasteiger partial charge in [0.05, 0.1) is 0 Å². The summed E-state index contributed by atoms with van der Waals surface area (Å²) in [6.45, 7) is 18.1. The highest BCUT2D eigenvalue weighted by atomic mass is 32.2. The Hall–Kier alpha value is -2.12.